The van der Waals surface area contributed by atoms with Crippen LogP contribution in [-0.4, -0.2) is 5.91 Å². The molecule has 0 aliphatic carbocycles. The Bertz CT molecular complexity index is 414. The van der Waals surface area contributed by atoms with Crippen LogP contribution in [0.1, 0.15) is 34.6 Å². The van der Waals surface area contributed by atoms with E-state index in [1.807, 2.05) is 40.7 Å². The van der Waals surface area contributed by atoms with Crippen molar-refractivity contribution in [1.82, 2.24) is 5.32 Å². The largest absolute Gasteiger partial charge is 0.322 e. The van der Waals surface area contributed by atoms with Crippen LogP contribution in [0.4, 0.5) is 0 Å². The van der Waals surface area contributed by atoms with Crippen molar-refractivity contribution in [3.8, 4) is 0 Å². The Labute approximate surface area is 125 Å². The second-order valence-corrected chi connectivity index (χ2v) is 4.30. The van der Waals surface area contributed by atoms with E-state index in [0.717, 1.165) is 10.1 Å². The van der Waals surface area contributed by atoms with Crippen LogP contribution in [0.3, 0.4) is 0 Å². The Morgan fingerprint density at radius 2 is 1.79 bits per heavy atom. The lowest BCUT2D eigenvalue weighted by atomic mass is 10.2. The highest BCUT2D eigenvalue weighted by molar-refractivity contribution is 9.11. The molecule has 0 bridgehead atoms. The molecule has 19 heavy (non-hydrogen) atoms. The normalized spacial score (nSPS) is 12.2. The molecule has 0 unspecified atom stereocenters. The summed E-state index contributed by atoms with van der Waals surface area (Å²) in [6, 6.07) is 0. The maximum atomic E-state index is 11.9. The summed E-state index contributed by atoms with van der Waals surface area (Å²) in [6.45, 7) is 17.0. The third-order valence-corrected chi connectivity index (χ3v) is 2.78. The molecule has 0 atom stereocenters. The molecule has 0 spiro atoms. The fourth-order valence-electron chi connectivity index (χ4n) is 1.12. The first kappa shape index (κ1) is 20.0. The zero-order valence-electron chi connectivity index (χ0n) is 12.5. The highest BCUT2D eigenvalue weighted by Crippen LogP contribution is 2.17. The fourth-order valence-corrected chi connectivity index (χ4v) is 1.33. The van der Waals surface area contributed by atoms with Gasteiger partial charge in [0.1, 0.15) is 0 Å². The maximum absolute atomic E-state index is 11.9. The van der Waals surface area contributed by atoms with E-state index in [-0.39, 0.29) is 5.91 Å². The quantitative estimate of drug-likeness (QED) is 0.558. The maximum Gasteiger partial charge on any atom is 0.255 e. The van der Waals surface area contributed by atoms with Gasteiger partial charge in [-0.2, -0.15) is 0 Å². The first-order valence-electron chi connectivity index (χ1n) is 6.26. The lowest BCUT2D eigenvalue weighted by Crippen LogP contribution is -2.23. The van der Waals surface area contributed by atoms with Gasteiger partial charge >= 0.3 is 0 Å². The molecule has 0 heterocycles. The molecule has 2 nitrogen and oxygen atoms in total. The number of carbonyl (C=O) groups excluding carboxylic acids is 1. The van der Waals surface area contributed by atoms with Crippen molar-refractivity contribution in [2.24, 2.45) is 0 Å². The standard InChI is InChI=1S/C14H18BrNO.C2H6/c1-6-9-12(7-2)14(17)16-13(8-3)10(4)11(5)15;1-2/h6-9H,3,5H2,1-2,4H3,(H,16,17);1-2H3/b9-6-,12-7+,13-10+;. The van der Waals surface area contributed by atoms with Crippen LogP contribution < -0.4 is 5.32 Å². The number of allylic oxidation sites excluding steroid dienone is 5. The molecule has 1 amide bonds. The van der Waals surface area contributed by atoms with E-state index in [1.54, 1.807) is 18.2 Å². The molecule has 0 rings (SSSR count). The van der Waals surface area contributed by atoms with Gasteiger partial charge in [-0.25, -0.2) is 0 Å². The Kier molecular flexibility index (Phi) is 12.3. The van der Waals surface area contributed by atoms with Crippen molar-refractivity contribution < 1.29 is 4.79 Å². The van der Waals surface area contributed by atoms with Gasteiger partial charge in [-0.05, 0) is 32.4 Å². The number of carbonyl (C=O) groups is 1. The fraction of sp³-hybridized carbons (Fsp3) is 0.312. The zero-order valence-corrected chi connectivity index (χ0v) is 14.1. The summed E-state index contributed by atoms with van der Waals surface area (Å²) in [6.07, 6.45) is 6.94. The predicted molar refractivity (Wildman–Crippen MR) is 89.0 cm³/mol. The molecule has 0 saturated carbocycles. The van der Waals surface area contributed by atoms with Gasteiger partial charge in [-0.1, -0.05) is 61.2 Å². The molecule has 0 aliphatic rings. The zero-order chi connectivity index (χ0) is 15.4. The molecular weight excluding hydrogens is 302 g/mol. The highest BCUT2D eigenvalue weighted by atomic mass is 79.9. The Morgan fingerprint density at radius 1 is 1.26 bits per heavy atom. The minimum atomic E-state index is -0.159. The van der Waals surface area contributed by atoms with E-state index in [9.17, 15) is 4.79 Å². The van der Waals surface area contributed by atoms with E-state index in [0.29, 0.717) is 11.3 Å². The van der Waals surface area contributed by atoms with Gasteiger partial charge < -0.3 is 5.32 Å². The molecular formula is C16H24BrNO. The third kappa shape index (κ3) is 7.62. The summed E-state index contributed by atoms with van der Waals surface area (Å²) >= 11 is 3.28. The van der Waals surface area contributed by atoms with Gasteiger partial charge in [0.2, 0.25) is 0 Å². The van der Waals surface area contributed by atoms with E-state index >= 15 is 0 Å². The minimum absolute atomic E-state index is 0.159. The molecule has 0 radical (unpaired) electrons. The first-order valence-corrected chi connectivity index (χ1v) is 7.05. The average molecular weight is 326 g/mol. The van der Waals surface area contributed by atoms with E-state index < -0.39 is 0 Å². The van der Waals surface area contributed by atoms with Crippen molar-refractivity contribution in [2.45, 2.75) is 34.6 Å². The van der Waals surface area contributed by atoms with Crippen molar-refractivity contribution >= 4 is 21.8 Å². The summed E-state index contributed by atoms with van der Waals surface area (Å²) in [4.78, 5) is 11.9. The summed E-state index contributed by atoms with van der Waals surface area (Å²) in [5, 5.41) is 2.80. The van der Waals surface area contributed by atoms with Crippen LogP contribution in [0.15, 0.2) is 58.8 Å². The predicted octanol–water partition coefficient (Wildman–Crippen LogP) is 5.02. The summed E-state index contributed by atoms with van der Waals surface area (Å²) in [7, 11) is 0. The Morgan fingerprint density at radius 3 is 2.11 bits per heavy atom. The average Bonchev–Trinajstić information content (AvgIpc) is 2.43. The second kappa shape index (κ2) is 11.7. The number of amides is 1. The molecule has 0 fully saturated rings. The van der Waals surface area contributed by atoms with Crippen LogP contribution >= 0.6 is 15.9 Å². The number of hydrogen-bond donors (Lipinski definition) is 1. The smallest absolute Gasteiger partial charge is 0.255 e. The van der Waals surface area contributed by atoms with Crippen LogP contribution in [0.2, 0.25) is 0 Å². The minimum Gasteiger partial charge on any atom is -0.322 e. The number of rotatable bonds is 5. The number of hydrogen-bond acceptors (Lipinski definition) is 1. The van der Waals surface area contributed by atoms with Gasteiger partial charge in [-0.3, -0.25) is 4.79 Å². The molecule has 1 N–H and O–H groups in total. The third-order valence-electron chi connectivity index (χ3n) is 2.18. The Hall–Kier alpha value is -1.35. The molecule has 0 aromatic carbocycles. The highest BCUT2D eigenvalue weighted by Gasteiger charge is 2.08. The van der Waals surface area contributed by atoms with Crippen LogP contribution in [-0.2, 0) is 4.79 Å². The van der Waals surface area contributed by atoms with Gasteiger partial charge in [0.15, 0.2) is 0 Å². The van der Waals surface area contributed by atoms with Crippen molar-refractivity contribution in [2.75, 3.05) is 0 Å². The molecule has 0 saturated heterocycles. The summed E-state index contributed by atoms with van der Waals surface area (Å²) in [5.74, 6) is -0.159. The second-order valence-electron chi connectivity index (χ2n) is 3.35. The number of nitrogens with one attached hydrogen (secondary N) is 1. The molecule has 0 aliphatic heterocycles. The molecule has 3 heteroatoms. The van der Waals surface area contributed by atoms with Gasteiger partial charge in [0.25, 0.3) is 5.91 Å². The van der Waals surface area contributed by atoms with E-state index in [2.05, 4.69) is 34.4 Å². The lowest BCUT2D eigenvalue weighted by molar-refractivity contribution is -0.116. The summed E-state index contributed by atoms with van der Waals surface area (Å²) < 4.78 is 0.723. The topological polar surface area (TPSA) is 29.1 Å². The van der Waals surface area contributed by atoms with Crippen LogP contribution in [0.5, 0.6) is 0 Å². The number of halogens is 1. The van der Waals surface area contributed by atoms with Crippen molar-refractivity contribution in [3.05, 3.63) is 58.8 Å². The molecule has 0 aromatic heterocycles. The SMILES string of the molecule is C=C/C(NC(=O)C(/C=C\C)=C/C)=C(/C)C(=C)Br.CC. The van der Waals surface area contributed by atoms with E-state index in [4.69, 9.17) is 0 Å². The monoisotopic (exact) mass is 325 g/mol. The lowest BCUT2D eigenvalue weighted by Gasteiger charge is -2.10. The van der Waals surface area contributed by atoms with Gasteiger partial charge in [0.05, 0.1) is 0 Å². The Balaban J connectivity index is 0. The van der Waals surface area contributed by atoms with Crippen LogP contribution in [0.25, 0.3) is 0 Å². The van der Waals surface area contributed by atoms with Crippen LogP contribution in [0, 0.1) is 0 Å². The van der Waals surface area contributed by atoms with Crippen molar-refractivity contribution in [3.63, 3.8) is 0 Å². The van der Waals surface area contributed by atoms with Gasteiger partial charge in [0, 0.05) is 15.8 Å². The summed E-state index contributed by atoms with van der Waals surface area (Å²) in [5.41, 5.74) is 2.12. The van der Waals surface area contributed by atoms with Crippen molar-refractivity contribution in [1.29, 1.82) is 0 Å². The van der Waals surface area contributed by atoms with E-state index in [1.165, 1.54) is 0 Å². The molecule has 0 aromatic rings. The molecule has 106 valence electrons. The first-order chi connectivity index (χ1) is 8.97. The van der Waals surface area contributed by atoms with Gasteiger partial charge in [-0.15, -0.1) is 0 Å².